The Balaban J connectivity index is 1.89. The van der Waals surface area contributed by atoms with E-state index >= 15 is 0 Å². The molecule has 1 aliphatic carbocycles. The van der Waals surface area contributed by atoms with Crippen LogP contribution in [0, 0.1) is 12.8 Å². The Bertz CT molecular complexity index is 364. The fraction of sp³-hybridized carbons (Fsp3) is 0.600. The minimum atomic E-state index is -0.0911. The van der Waals surface area contributed by atoms with Crippen molar-refractivity contribution in [2.45, 2.75) is 45.3 Å². The molecule has 17 heavy (non-hydrogen) atoms. The zero-order chi connectivity index (χ0) is 12.3. The molecule has 0 saturated heterocycles. The van der Waals surface area contributed by atoms with Crippen LogP contribution in [0.2, 0.25) is 0 Å². The highest BCUT2D eigenvalue weighted by Crippen LogP contribution is 2.26. The summed E-state index contributed by atoms with van der Waals surface area (Å²) >= 11 is 0. The third-order valence-corrected chi connectivity index (χ3v) is 3.96. The normalized spacial score (nSPS) is 26.1. The summed E-state index contributed by atoms with van der Waals surface area (Å²) in [4.78, 5) is 0. The highest BCUT2D eigenvalue weighted by Gasteiger charge is 2.25. The summed E-state index contributed by atoms with van der Waals surface area (Å²) in [6.07, 6.45) is 3.22. The summed E-state index contributed by atoms with van der Waals surface area (Å²) in [6, 6.07) is 8.86. The fourth-order valence-electron chi connectivity index (χ4n) is 2.77. The van der Waals surface area contributed by atoms with Crippen molar-refractivity contribution in [1.82, 2.24) is 5.32 Å². The van der Waals surface area contributed by atoms with E-state index in [2.05, 4.69) is 43.4 Å². The molecular formula is C15H23NO. The van der Waals surface area contributed by atoms with E-state index < -0.39 is 0 Å². The lowest BCUT2D eigenvalue weighted by atomic mass is 10.0. The summed E-state index contributed by atoms with van der Waals surface area (Å²) in [6.45, 7) is 5.28. The summed E-state index contributed by atoms with van der Waals surface area (Å²) in [5.41, 5.74) is 2.69. The molecule has 94 valence electrons. The van der Waals surface area contributed by atoms with Gasteiger partial charge in [0, 0.05) is 12.6 Å². The molecular weight excluding hydrogens is 210 g/mol. The minimum Gasteiger partial charge on any atom is -0.393 e. The number of hydrogen-bond donors (Lipinski definition) is 2. The van der Waals surface area contributed by atoms with E-state index in [4.69, 9.17) is 0 Å². The van der Waals surface area contributed by atoms with Crippen LogP contribution in [0.1, 0.15) is 43.4 Å². The van der Waals surface area contributed by atoms with Crippen LogP contribution in [0.3, 0.4) is 0 Å². The third kappa shape index (κ3) is 3.08. The molecule has 2 N–H and O–H groups in total. The zero-order valence-electron chi connectivity index (χ0n) is 10.8. The first-order valence-corrected chi connectivity index (χ1v) is 6.65. The molecule has 0 spiro atoms. The van der Waals surface area contributed by atoms with Crippen LogP contribution in [-0.4, -0.2) is 17.8 Å². The number of aryl methyl sites for hydroxylation is 1. The minimum absolute atomic E-state index is 0.0911. The number of aliphatic hydroxyl groups excluding tert-OH is 1. The molecule has 3 atom stereocenters. The van der Waals surface area contributed by atoms with E-state index in [0.717, 1.165) is 19.4 Å². The monoisotopic (exact) mass is 233 g/mol. The van der Waals surface area contributed by atoms with Gasteiger partial charge in [0.05, 0.1) is 6.10 Å². The van der Waals surface area contributed by atoms with Gasteiger partial charge in [-0.05, 0) is 43.7 Å². The van der Waals surface area contributed by atoms with Gasteiger partial charge in [-0.15, -0.1) is 0 Å². The van der Waals surface area contributed by atoms with E-state index in [0.29, 0.717) is 12.0 Å². The van der Waals surface area contributed by atoms with Gasteiger partial charge in [0.2, 0.25) is 0 Å². The summed E-state index contributed by atoms with van der Waals surface area (Å²) in [7, 11) is 0. The maximum atomic E-state index is 9.79. The van der Waals surface area contributed by atoms with Crippen molar-refractivity contribution >= 4 is 0 Å². The highest BCUT2D eigenvalue weighted by molar-refractivity contribution is 5.28. The van der Waals surface area contributed by atoms with Crippen LogP contribution in [0.5, 0.6) is 0 Å². The van der Waals surface area contributed by atoms with Crippen molar-refractivity contribution in [3.05, 3.63) is 35.4 Å². The lowest BCUT2D eigenvalue weighted by molar-refractivity contribution is 0.130. The second-order valence-corrected chi connectivity index (χ2v) is 5.24. The fourth-order valence-corrected chi connectivity index (χ4v) is 2.77. The highest BCUT2D eigenvalue weighted by atomic mass is 16.3. The second kappa shape index (κ2) is 5.65. The van der Waals surface area contributed by atoms with Gasteiger partial charge in [-0.2, -0.15) is 0 Å². The van der Waals surface area contributed by atoms with Crippen LogP contribution in [-0.2, 0) is 0 Å². The van der Waals surface area contributed by atoms with Crippen LogP contribution in [0.25, 0.3) is 0 Å². The Kier molecular flexibility index (Phi) is 4.19. The quantitative estimate of drug-likeness (QED) is 0.838. The molecule has 3 unspecified atom stereocenters. The molecule has 0 aliphatic heterocycles. The van der Waals surface area contributed by atoms with E-state index in [1.165, 1.54) is 17.5 Å². The van der Waals surface area contributed by atoms with Gasteiger partial charge in [-0.3, -0.25) is 0 Å². The van der Waals surface area contributed by atoms with Crippen LogP contribution < -0.4 is 5.32 Å². The van der Waals surface area contributed by atoms with E-state index in [-0.39, 0.29) is 6.10 Å². The average Bonchev–Trinajstić information content (AvgIpc) is 2.72. The molecule has 2 heteroatoms. The largest absolute Gasteiger partial charge is 0.393 e. The van der Waals surface area contributed by atoms with E-state index in [1.54, 1.807) is 0 Å². The molecule has 0 radical (unpaired) electrons. The Morgan fingerprint density at radius 3 is 2.76 bits per heavy atom. The number of rotatable bonds is 4. The number of benzene rings is 1. The standard InChI is InChI=1S/C15H23NO/c1-11-6-3-4-8-14(11)12(2)16-10-13-7-5-9-15(13)17/h3-4,6,8,12-13,15-17H,5,7,9-10H2,1-2H3. The first kappa shape index (κ1) is 12.6. The van der Waals surface area contributed by atoms with Gasteiger partial charge in [-0.25, -0.2) is 0 Å². The Morgan fingerprint density at radius 2 is 2.12 bits per heavy atom. The van der Waals surface area contributed by atoms with Gasteiger partial charge in [0.15, 0.2) is 0 Å². The second-order valence-electron chi connectivity index (χ2n) is 5.24. The van der Waals surface area contributed by atoms with Crippen molar-refractivity contribution in [2.75, 3.05) is 6.54 Å². The molecule has 0 bridgehead atoms. The van der Waals surface area contributed by atoms with Crippen LogP contribution >= 0.6 is 0 Å². The van der Waals surface area contributed by atoms with E-state index in [9.17, 15) is 5.11 Å². The Hall–Kier alpha value is -0.860. The van der Waals surface area contributed by atoms with Gasteiger partial charge >= 0.3 is 0 Å². The first-order chi connectivity index (χ1) is 8.18. The molecule has 1 aromatic carbocycles. The molecule has 1 aliphatic rings. The van der Waals surface area contributed by atoms with Gasteiger partial charge in [-0.1, -0.05) is 30.7 Å². The van der Waals surface area contributed by atoms with Gasteiger partial charge in [0.1, 0.15) is 0 Å². The topological polar surface area (TPSA) is 32.3 Å². The van der Waals surface area contributed by atoms with Crippen LogP contribution in [0.4, 0.5) is 0 Å². The smallest absolute Gasteiger partial charge is 0.0580 e. The Morgan fingerprint density at radius 1 is 1.35 bits per heavy atom. The molecule has 1 saturated carbocycles. The SMILES string of the molecule is Cc1ccccc1C(C)NCC1CCCC1O. The summed E-state index contributed by atoms with van der Waals surface area (Å²) in [5, 5.41) is 13.3. The maximum Gasteiger partial charge on any atom is 0.0580 e. The summed E-state index contributed by atoms with van der Waals surface area (Å²) in [5.74, 6) is 0.446. The first-order valence-electron chi connectivity index (χ1n) is 6.65. The van der Waals surface area contributed by atoms with E-state index in [1.807, 2.05) is 0 Å². The number of hydrogen-bond acceptors (Lipinski definition) is 2. The predicted molar refractivity (Wildman–Crippen MR) is 70.9 cm³/mol. The van der Waals surface area contributed by atoms with Crippen molar-refractivity contribution in [3.63, 3.8) is 0 Å². The summed E-state index contributed by atoms with van der Waals surface area (Å²) < 4.78 is 0. The van der Waals surface area contributed by atoms with Crippen LogP contribution in [0.15, 0.2) is 24.3 Å². The molecule has 0 aromatic heterocycles. The molecule has 2 nitrogen and oxygen atoms in total. The molecule has 1 fully saturated rings. The lowest BCUT2D eigenvalue weighted by Crippen LogP contribution is -2.30. The maximum absolute atomic E-state index is 9.79. The average molecular weight is 233 g/mol. The molecule has 2 rings (SSSR count). The van der Waals surface area contributed by atoms with Crippen molar-refractivity contribution < 1.29 is 5.11 Å². The number of aliphatic hydroxyl groups is 1. The lowest BCUT2D eigenvalue weighted by Gasteiger charge is -2.21. The van der Waals surface area contributed by atoms with Crippen molar-refractivity contribution in [3.8, 4) is 0 Å². The third-order valence-electron chi connectivity index (χ3n) is 3.96. The molecule has 0 heterocycles. The van der Waals surface area contributed by atoms with Crippen molar-refractivity contribution in [1.29, 1.82) is 0 Å². The molecule has 0 amide bonds. The van der Waals surface area contributed by atoms with Gasteiger partial charge < -0.3 is 10.4 Å². The number of nitrogens with one attached hydrogen (secondary N) is 1. The van der Waals surface area contributed by atoms with Gasteiger partial charge in [0.25, 0.3) is 0 Å². The van der Waals surface area contributed by atoms with Crippen molar-refractivity contribution in [2.24, 2.45) is 5.92 Å². The predicted octanol–water partition coefficient (Wildman–Crippen LogP) is 2.81. The molecule has 1 aromatic rings. The Labute approximate surface area is 104 Å². The zero-order valence-corrected chi connectivity index (χ0v) is 10.8.